The Balaban J connectivity index is 1.92. The highest BCUT2D eigenvalue weighted by molar-refractivity contribution is 5.42. The maximum Gasteiger partial charge on any atom is 0.161 e. The molecule has 0 amide bonds. The van der Waals surface area contributed by atoms with Gasteiger partial charge in [-0.05, 0) is 30.5 Å². The summed E-state index contributed by atoms with van der Waals surface area (Å²) in [4.78, 5) is 0. The van der Waals surface area contributed by atoms with Crippen molar-refractivity contribution in [2.45, 2.75) is 25.4 Å². The van der Waals surface area contributed by atoms with Crippen LogP contribution in [0.3, 0.4) is 0 Å². The zero-order valence-electron chi connectivity index (χ0n) is 11.1. The maximum absolute atomic E-state index is 5.44. The summed E-state index contributed by atoms with van der Waals surface area (Å²) >= 11 is 0. The number of hydrogen-bond donors (Lipinski definition) is 1. The van der Waals surface area contributed by atoms with Gasteiger partial charge in [0.05, 0.1) is 20.8 Å². The zero-order valence-corrected chi connectivity index (χ0v) is 11.1. The van der Waals surface area contributed by atoms with Gasteiger partial charge in [0.15, 0.2) is 11.5 Å². The molecule has 4 heteroatoms. The van der Waals surface area contributed by atoms with Gasteiger partial charge >= 0.3 is 0 Å². The quantitative estimate of drug-likeness (QED) is 0.868. The lowest BCUT2D eigenvalue weighted by Gasteiger charge is -2.23. The van der Waals surface area contributed by atoms with Gasteiger partial charge in [-0.15, -0.1) is 0 Å². The molecule has 0 radical (unpaired) electrons. The van der Waals surface area contributed by atoms with E-state index in [2.05, 4.69) is 11.4 Å². The SMILES string of the molecule is COc1ccc(CN[C@H]2CCCOC2)cc1OC. The topological polar surface area (TPSA) is 39.7 Å². The smallest absolute Gasteiger partial charge is 0.161 e. The molecule has 1 saturated heterocycles. The second-order valence-electron chi connectivity index (χ2n) is 4.48. The van der Waals surface area contributed by atoms with E-state index in [1.165, 1.54) is 12.0 Å². The summed E-state index contributed by atoms with van der Waals surface area (Å²) in [5.41, 5.74) is 1.19. The van der Waals surface area contributed by atoms with E-state index in [9.17, 15) is 0 Å². The number of rotatable bonds is 5. The Morgan fingerprint density at radius 1 is 1.28 bits per heavy atom. The first-order valence-electron chi connectivity index (χ1n) is 6.35. The molecule has 0 saturated carbocycles. The summed E-state index contributed by atoms with van der Waals surface area (Å²) < 4.78 is 16.0. The molecular formula is C14H21NO3. The van der Waals surface area contributed by atoms with Crippen LogP contribution in [-0.2, 0) is 11.3 Å². The molecule has 0 spiro atoms. The second-order valence-corrected chi connectivity index (χ2v) is 4.48. The molecule has 1 aliphatic heterocycles. The largest absolute Gasteiger partial charge is 0.493 e. The normalized spacial score (nSPS) is 19.6. The van der Waals surface area contributed by atoms with Crippen molar-refractivity contribution in [3.63, 3.8) is 0 Å². The summed E-state index contributed by atoms with van der Waals surface area (Å²) in [6, 6.07) is 6.47. The number of benzene rings is 1. The number of nitrogens with one attached hydrogen (secondary N) is 1. The first-order valence-corrected chi connectivity index (χ1v) is 6.35. The average molecular weight is 251 g/mol. The molecule has 1 atom stereocenters. The summed E-state index contributed by atoms with van der Waals surface area (Å²) in [5, 5.41) is 3.51. The van der Waals surface area contributed by atoms with Gasteiger partial charge in [-0.3, -0.25) is 0 Å². The van der Waals surface area contributed by atoms with Crippen molar-refractivity contribution in [3.05, 3.63) is 23.8 Å². The Kier molecular flexibility index (Phi) is 4.84. The predicted molar refractivity (Wildman–Crippen MR) is 70.2 cm³/mol. The van der Waals surface area contributed by atoms with Crippen molar-refractivity contribution < 1.29 is 14.2 Å². The van der Waals surface area contributed by atoms with Gasteiger partial charge < -0.3 is 19.5 Å². The molecule has 1 heterocycles. The highest BCUT2D eigenvalue weighted by atomic mass is 16.5. The van der Waals surface area contributed by atoms with Gasteiger partial charge in [-0.2, -0.15) is 0 Å². The molecule has 0 bridgehead atoms. The monoisotopic (exact) mass is 251 g/mol. The molecule has 1 aliphatic rings. The first-order chi connectivity index (χ1) is 8.83. The van der Waals surface area contributed by atoms with Crippen LogP contribution in [0.25, 0.3) is 0 Å². The van der Waals surface area contributed by atoms with Crippen molar-refractivity contribution in [1.82, 2.24) is 5.32 Å². The Morgan fingerprint density at radius 3 is 2.78 bits per heavy atom. The van der Waals surface area contributed by atoms with Crippen molar-refractivity contribution in [3.8, 4) is 11.5 Å². The van der Waals surface area contributed by atoms with Gasteiger partial charge in [-0.25, -0.2) is 0 Å². The Hall–Kier alpha value is -1.26. The lowest BCUT2D eigenvalue weighted by Crippen LogP contribution is -2.36. The van der Waals surface area contributed by atoms with Gasteiger partial charge in [0.1, 0.15) is 0 Å². The molecule has 0 aromatic heterocycles. The van der Waals surface area contributed by atoms with Gasteiger partial charge in [0, 0.05) is 19.2 Å². The Morgan fingerprint density at radius 2 is 2.11 bits per heavy atom. The van der Waals surface area contributed by atoms with Crippen molar-refractivity contribution in [2.75, 3.05) is 27.4 Å². The van der Waals surface area contributed by atoms with Crippen LogP contribution < -0.4 is 14.8 Å². The minimum Gasteiger partial charge on any atom is -0.493 e. The van der Waals surface area contributed by atoms with E-state index in [4.69, 9.17) is 14.2 Å². The lowest BCUT2D eigenvalue weighted by atomic mass is 10.1. The second kappa shape index (κ2) is 6.61. The van der Waals surface area contributed by atoms with Crippen LogP contribution in [0.1, 0.15) is 18.4 Å². The fourth-order valence-electron chi connectivity index (χ4n) is 2.15. The van der Waals surface area contributed by atoms with Crippen LogP contribution in [0, 0.1) is 0 Å². The van der Waals surface area contributed by atoms with E-state index >= 15 is 0 Å². The minimum atomic E-state index is 0.465. The average Bonchev–Trinajstić information content (AvgIpc) is 2.45. The molecular weight excluding hydrogens is 230 g/mol. The van der Waals surface area contributed by atoms with E-state index in [0.717, 1.165) is 37.7 Å². The van der Waals surface area contributed by atoms with Crippen molar-refractivity contribution in [2.24, 2.45) is 0 Å². The molecule has 1 aromatic carbocycles. The third kappa shape index (κ3) is 3.37. The Bertz CT molecular complexity index is 375. The zero-order chi connectivity index (χ0) is 12.8. The molecule has 2 rings (SSSR count). The fraction of sp³-hybridized carbons (Fsp3) is 0.571. The molecule has 1 N–H and O–H groups in total. The number of methoxy groups -OCH3 is 2. The molecule has 1 fully saturated rings. The van der Waals surface area contributed by atoms with Crippen molar-refractivity contribution in [1.29, 1.82) is 0 Å². The molecule has 1 aromatic rings. The number of ether oxygens (including phenoxy) is 3. The predicted octanol–water partition coefficient (Wildman–Crippen LogP) is 1.97. The summed E-state index contributed by atoms with van der Waals surface area (Å²) in [7, 11) is 3.30. The van der Waals surface area contributed by atoms with Crippen LogP contribution in [0.5, 0.6) is 11.5 Å². The van der Waals surface area contributed by atoms with E-state index in [1.807, 2.05) is 12.1 Å². The Labute approximate surface area is 108 Å². The lowest BCUT2D eigenvalue weighted by molar-refractivity contribution is 0.0699. The van der Waals surface area contributed by atoms with Crippen LogP contribution in [-0.4, -0.2) is 33.5 Å². The molecule has 100 valence electrons. The first kappa shape index (κ1) is 13.2. The van der Waals surface area contributed by atoms with E-state index in [-0.39, 0.29) is 0 Å². The summed E-state index contributed by atoms with van der Waals surface area (Å²) in [6.07, 6.45) is 2.33. The third-order valence-electron chi connectivity index (χ3n) is 3.20. The van der Waals surface area contributed by atoms with Crippen LogP contribution in [0.15, 0.2) is 18.2 Å². The van der Waals surface area contributed by atoms with Gasteiger partial charge in [0.25, 0.3) is 0 Å². The van der Waals surface area contributed by atoms with E-state index in [1.54, 1.807) is 14.2 Å². The maximum atomic E-state index is 5.44. The van der Waals surface area contributed by atoms with Crippen LogP contribution >= 0.6 is 0 Å². The summed E-state index contributed by atoms with van der Waals surface area (Å²) in [6.45, 7) is 2.54. The molecule has 18 heavy (non-hydrogen) atoms. The van der Waals surface area contributed by atoms with E-state index in [0.29, 0.717) is 6.04 Å². The standard InChI is InChI=1S/C14H21NO3/c1-16-13-6-5-11(8-14(13)17-2)9-15-12-4-3-7-18-10-12/h5-6,8,12,15H,3-4,7,9-10H2,1-2H3/t12-/m0/s1. The molecule has 0 aliphatic carbocycles. The van der Waals surface area contributed by atoms with Crippen LogP contribution in [0.2, 0.25) is 0 Å². The van der Waals surface area contributed by atoms with Crippen molar-refractivity contribution >= 4 is 0 Å². The molecule has 0 unspecified atom stereocenters. The highest BCUT2D eigenvalue weighted by Gasteiger charge is 2.13. The molecule has 4 nitrogen and oxygen atoms in total. The van der Waals surface area contributed by atoms with Gasteiger partial charge in [-0.1, -0.05) is 6.07 Å². The van der Waals surface area contributed by atoms with Gasteiger partial charge in [0.2, 0.25) is 0 Å². The van der Waals surface area contributed by atoms with Crippen LogP contribution in [0.4, 0.5) is 0 Å². The summed E-state index contributed by atoms with van der Waals surface area (Å²) in [5.74, 6) is 1.54. The fourth-order valence-corrected chi connectivity index (χ4v) is 2.15. The number of hydrogen-bond acceptors (Lipinski definition) is 4. The minimum absolute atomic E-state index is 0.465. The highest BCUT2D eigenvalue weighted by Crippen LogP contribution is 2.27. The van der Waals surface area contributed by atoms with E-state index < -0.39 is 0 Å². The third-order valence-corrected chi connectivity index (χ3v) is 3.20.